The molecule has 0 unspecified atom stereocenters. The maximum absolute atomic E-state index is 13.2. The van der Waals surface area contributed by atoms with Crippen LogP contribution in [0.15, 0.2) is 42.5 Å². The summed E-state index contributed by atoms with van der Waals surface area (Å²) in [6.07, 6.45) is 1.46. The Morgan fingerprint density at radius 2 is 1.81 bits per heavy atom. The van der Waals surface area contributed by atoms with E-state index in [2.05, 4.69) is 60.0 Å². The van der Waals surface area contributed by atoms with Crippen molar-refractivity contribution in [3.05, 3.63) is 70.3 Å². The number of benzene rings is 2. The molecule has 1 fully saturated rings. The van der Waals surface area contributed by atoms with Gasteiger partial charge in [-0.2, -0.15) is 0 Å². The van der Waals surface area contributed by atoms with Crippen LogP contribution in [0, 0.1) is 6.92 Å². The molecule has 4 nitrogen and oxygen atoms in total. The third-order valence-corrected chi connectivity index (χ3v) is 5.74. The van der Waals surface area contributed by atoms with E-state index >= 15 is 0 Å². The highest BCUT2D eigenvalue weighted by Gasteiger charge is 2.41. The zero-order valence-corrected chi connectivity index (χ0v) is 15.3. The number of carbonyl (C=O) groups excluding carboxylic acids is 1. The Morgan fingerprint density at radius 3 is 2.58 bits per heavy atom. The van der Waals surface area contributed by atoms with Gasteiger partial charge in [0.25, 0.3) is 0 Å². The first-order chi connectivity index (χ1) is 12.7. The molecule has 4 heteroatoms. The third-order valence-electron chi connectivity index (χ3n) is 5.74. The molecule has 0 spiro atoms. The topological polar surface area (TPSA) is 50.4 Å². The van der Waals surface area contributed by atoms with Gasteiger partial charge in [0.15, 0.2) is 0 Å². The molecule has 0 atom stereocenters. The van der Waals surface area contributed by atoms with E-state index in [0.717, 1.165) is 37.1 Å². The van der Waals surface area contributed by atoms with Crippen LogP contribution in [0.5, 0.6) is 0 Å². The van der Waals surface area contributed by atoms with Crippen LogP contribution >= 0.6 is 0 Å². The molecule has 4 rings (SSSR count). The summed E-state index contributed by atoms with van der Waals surface area (Å²) in [7, 11) is 0. The van der Waals surface area contributed by atoms with E-state index in [1.54, 1.807) is 0 Å². The minimum Gasteiger partial charge on any atom is -0.381 e. The SMILES string of the molecule is Cc1ccc(C2(C(=O)NCc3ccc4c(c3)CNC4)CCOCC2)cc1. The smallest absolute Gasteiger partial charge is 0.231 e. The maximum Gasteiger partial charge on any atom is 0.231 e. The zero-order chi connectivity index (χ0) is 18.0. The van der Waals surface area contributed by atoms with Gasteiger partial charge in [0.1, 0.15) is 0 Å². The van der Waals surface area contributed by atoms with Crippen molar-refractivity contribution >= 4 is 5.91 Å². The van der Waals surface area contributed by atoms with Crippen molar-refractivity contribution < 1.29 is 9.53 Å². The van der Waals surface area contributed by atoms with Gasteiger partial charge in [0.05, 0.1) is 5.41 Å². The largest absolute Gasteiger partial charge is 0.381 e. The molecule has 1 saturated heterocycles. The summed E-state index contributed by atoms with van der Waals surface area (Å²) in [5, 5.41) is 6.56. The first-order valence-corrected chi connectivity index (χ1v) is 9.42. The normalized spacial score (nSPS) is 18.3. The Morgan fingerprint density at radius 1 is 1.08 bits per heavy atom. The average molecular weight is 350 g/mol. The molecule has 0 saturated carbocycles. The molecule has 26 heavy (non-hydrogen) atoms. The lowest BCUT2D eigenvalue weighted by Gasteiger charge is -2.36. The average Bonchev–Trinajstić information content (AvgIpc) is 3.15. The number of hydrogen-bond donors (Lipinski definition) is 2. The van der Waals surface area contributed by atoms with Crippen LogP contribution in [0.4, 0.5) is 0 Å². The molecule has 0 radical (unpaired) electrons. The van der Waals surface area contributed by atoms with Crippen molar-refractivity contribution in [1.82, 2.24) is 10.6 Å². The monoisotopic (exact) mass is 350 g/mol. The molecule has 1 amide bonds. The van der Waals surface area contributed by atoms with Crippen LogP contribution < -0.4 is 10.6 Å². The van der Waals surface area contributed by atoms with Gasteiger partial charge >= 0.3 is 0 Å². The van der Waals surface area contributed by atoms with Crippen LogP contribution in [0.3, 0.4) is 0 Å². The van der Waals surface area contributed by atoms with Crippen LogP contribution in [0.25, 0.3) is 0 Å². The number of rotatable bonds is 4. The predicted octanol–water partition coefficient (Wildman–Crippen LogP) is 2.96. The second-order valence-corrected chi connectivity index (χ2v) is 7.45. The Hall–Kier alpha value is -2.17. The quantitative estimate of drug-likeness (QED) is 0.891. The highest BCUT2D eigenvalue weighted by Crippen LogP contribution is 2.35. The molecule has 136 valence electrons. The van der Waals surface area contributed by atoms with Gasteiger partial charge in [0, 0.05) is 32.8 Å². The van der Waals surface area contributed by atoms with Crippen molar-refractivity contribution in [3.63, 3.8) is 0 Å². The minimum atomic E-state index is -0.482. The number of nitrogens with one attached hydrogen (secondary N) is 2. The van der Waals surface area contributed by atoms with Crippen LogP contribution in [0.1, 0.15) is 40.7 Å². The molecule has 2 aromatic carbocycles. The Bertz CT molecular complexity index is 792. The molecular weight excluding hydrogens is 324 g/mol. The standard InChI is InChI=1S/C22H26N2O2/c1-16-2-6-20(7-3-16)22(8-10-26-11-9-22)21(25)24-13-17-4-5-18-14-23-15-19(18)12-17/h2-7,12,23H,8-11,13-15H2,1H3,(H,24,25). The fourth-order valence-electron chi connectivity index (χ4n) is 4.05. The summed E-state index contributed by atoms with van der Waals surface area (Å²) in [5.74, 6) is 0.114. The lowest BCUT2D eigenvalue weighted by Crippen LogP contribution is -2.47. The van der Waals surface area contributed by atoms with Crippen molar-refractivity contribution in [2.24, 2.45) is 0 Å². The number of amides is 1. The van der Waals surface area contributed by atoms with Gasteiger partial charge in [-0.05, 0) is 42.0 Å². The summed E-state index contributed by atoms with van der Waals surface area (Å²) >= 11 is 0. The Balaban J connectivity index is 1.52. The van der Waals surface area contributed by atoms with Crippen molar-refractivity contribution in [2.75, 3.05) is 13.2 Å². The van der Waals surface area contributed by atoms with E-state index < -0.39 is 5.41 Å². The Labute approximate surface area is 155 Å². The molecular formula is C22H26N2O2. The minimum absolute atomic E-state index is 0.114. The highest BCUT2D eigenvalue weighted by molar-refractivity contribution is 5.88. The fraction of sp³-hybridized carbons (Fsp3) is 0.409. The lowest BCUT2D eigenvalue weighted by atomic mass is 9.73. The molecule has 0 bridgehead atoms. The summed E-state index contributed by atoms with van der Waals surface area (Å²) < 4.78 is 5.55. The highest BCUT2D eigenvalue weighted by atomic mass is 16.5. The first kappa shape index (κ1) is 17.3. The Kier molecular flexibility index (Phi) is 4.79. The second-order valence-electron chi connectivity index (χ2n) is 7.45. The molecule has 2 N–H and O–H groups in total. The number of aryl methyl sites for hydroxylation is 1. The van der Waals surface area contributed by atoms with Crippen LogP contribution in [-0.2, 0) is 34.6 Å². The van der Waals surface area contributed by atoms with E-state index in [-0.39, 0.29) is 5.91 Å². The summed E-state index contributed by atoms with van der Waals surface area (Å²) in [4.78, 5) is 13.2. The fourth-order valence-corrected chi connectivity index (χ4v) is 4.05. The molecule has 2 heterocycles. The number of ether oxygens (including phenoxy) is 1. The predicted molar refractivity (Wildman–Crippen MR) is 102 cm³/mol. The van der Waals surface area contributed by atoms with E-state index in [4.69, 9.17) is 4.74 Å². The second kappa shape index (κ2) is 7.22. The lowest BCUT2D eigenvalue weighted by molar-refractivity contribution is -0.130. The molecule has 0 aromatic heterocycles. The number of hydrogen-bond acceptors (Lipinski definition) is 3. The molecule has 2 aliphatic rings. The van der Waals surface area contributed by atoms with Gasteiger partial charge in [-0.1, -0.05) is 48.0 Å². The van der Waals surface area contributed by atoms with Crippen LogP contribution in [-0.4, -0.2) is 19.1 Å². The van der Waals surface area contributed by atoms with Gasteiger partial charge in [-0.25, -0.2) is 0 Å². The molecule has 0 aliphatic carbocycles. The summed E-state index contributed by atoms with van der Waals surface area (Å²) in [6.45, 7) is 5.77. The van der Waals surface area contributed by atoms with Crippen molar-refractivity contribution in [3.8, 4) is 0 Å². The molecule has 2 aromatic rings. The van der Waals surface area contributed by atoms with Gasteiger partial charge in [-0.15, -0.1) is 0 Å². The van der Waals surface area contributed by atoms with E-state index in [9.17, 15) is 4.79 Å². The van der Waals surface area contributed by atoms with Crippen LogP contribution in [0.2, 0.25) is 0 Å². The third kappa shape index (κ3) is 3.27. The summed E-state index contributed by atoms with van der Waals surface area (Å²) in [6, 6.07) is 14.9. The number of fused-ring (bicyclic) bond motifs is 1. The van der Waals surface area contributed by atoms with Crippen molar-refractivity contribution in [2.45, 2.75) is 44.8 Å². The zero-order valence-electron chi connectivity index (χ0n) is 15.3. The summed E-state index contributed by atoms with van der Waals surface area (Å²) in [5.41, 5.74) is 5.69. The van der Waals surface area contributed by atoms with E-state index in [1.807, 2.05) is 0 Å². The molecule has 2 aliphatic heterocycles. The van der Waals surface area contributed by atoms with Crippen molar-refractivity contribution in [1.29, 1.82) is 0 Å². The van der Waals surface area contributed by atoms with Gasteiger partial charge < -0.3 is 15.4 Å². The first-order valence-electron chi connectivity index (χ1n) is 9.42. The van der Waals surface area contributed by atoms with Gasteiger partial charge in [0.2, 0.25) is 5.91 Å². The van der Waals surface area contributed by atoms with E-state index in [1.165, 1.54) is 16.7 Å². The van der Waals surface area contributed by atoms with Gasteiger partial charge in [-0.3, -0.25) is 4.79 Å². The van der Waals surface area contributed by atoms with E-state index in [0.29, 0.717) is 19.8 Å². The maximum atomic E-state index is 13.2. The number of carbonyl (C=O) groups is 1.